The summed E-state index contributed by atoms with van der Waals surface area (Å²) in [4.78, 5) is 0. The molecular weight excluding hydrogens is 291 g/mol. The predicted octanol–water partition coefficient (Wildman–Crippen LogP) is 4.31. The minimum absolute atomic E-state index is 0.266. The number of aliphatic hydroxyl groups excluding tert-OH is 1. The van der Waals surface area contributed by atoms with Crippen LogP contribution in [0.4, 0.5) is 0 Å². The van der Waals surface area contributed by atoms with Crippen LogP contribution < -0.4 is 0 Å². The van der Waals surface area contributed by atoms with Gasteiger partial charge in [-0.05, 0) is 41.5 Å². The lowest BCUT2D eigenvalue weighted by molar-refractivity contribution is 0.113. The molecule has 1 unspecified atom stereocenters. The maximum absolute atomic E-state index is 10.5. The minimum Gasteiger partial charge on any atom is -0.392 e. The lowest BCUT2D eigenvalue weighted by Gasteiger charge is -2.18. The Bertz CT molecular complexity index is 599. The number of fused-ring (bicyclic) bond motifs is 1. The topological polar surface area (TPSA) is 20.2 Å². The maximum Gasteiger partial charge on any atom is 0.0625 e. The second-order valence-electron chi connectivity index (χ2n) is 5.42. The van der Waals surface area contributed by atoms with Gasteiger partial charge >= 0.3 is 0 Å². The molecule has 0 aromatic heterocycles. The van der Waals surface area contributed by atoms with E-state index in [0.717, 1.165) is 18.4 Å². The number of benzene rings is 2. The highest BCUT2D eigenvalue weighted by molar-refractivity contribution is 6.42. The van der Waals surface area contributed by atoms with E-state index in [-0.39, 0.29) is 5.92 Å². The third kappa shape index (κ3) is 2.71. The second kappa shape index (κ2) is 5.77. The normalized spacial score (nSPS) is 16.1. The molecule has 1 nitrogen and oxygen atoms in total. The first-order valence-electron chi connectivity index (χ1n) is 6.83. The molecule has 0 radical (unpaired) electrons. The largest absolute Gasteiger partial charge is 0.392 e. The van der Waals surface area contributed by atoms with Crippen molar-refractivity contribution in [1.82, 2.24) is 0 Å². The first-order chi connectivity index (χ1) is 9.65. The third-order valence-electron chi connectivity index (χ3n) is 4.09. The molecule has 1 aliphatic rings. The molecule has 0 saturated heterocycles. The van der Waals surface area contributed by atoms with E-state index in [4.69, 9.17) is 23.2 Å². The molecule has 1 N–H and O–H groups in total. The van der Waals surface area contributed by atoms with E-state index in [1.54, 1.807) is 6.07 Å². The highest BCUT2D eigenvalue weighted by Gasteiger charge is 2.27. The summed E-state index contributed by atoms with van der Waals surface area (Å²) in [5.74, 6) is 0.266. The van der Waals surface area contributed by atoms with Gasteiger partial charge in [0, 0.05) is 6.42 Å². The van der Waals surface area contributed by atoms with Crippen molar-refractivity contribution in [2.24, 2.45) is 5.92 Å². The quantitative estimate of drug-likeness (QED) is 0.896. The minimum atomic E-state index is -0.390. The van der Waals surface area contributed by atoms with E-state index in [1.165, 1.54) is 11.1 Å². The van der Waals surface area contributed by atoms with Crippen LogP contribution in [0.3, 0.4) is 0 Å². The molecule has 3 heteroatoms. The molecule has 0 amide bonds. The van der Waals surface area contributed by atoms with Gasteiger partial charge in [-0.15, -0.1) is 0 Å². The number of aliphatic hydroxyl groups is 1. The van der Waals surface area contributed by atoms with Crippen molar-refractivity contribution >= 4 is 23.2 Å². The molecule has 0 aliphatic heterocycles. The van der Waals surface area contributed by atoms with Gasteiger partial charge in [-0.3, -0.25) is 0 Å². The van der Waals surface area contributed by atoms with Crippen LogP contribution in [0.25, 0.3) is 0 Å². The summed E-state index contributed by atoms with van der Waals surface area (Å²) in [6.45, 7) is 0. The standard InChI is InChI=1S/C17H16Cl2O/c18-15-7-3-6-13(17(15)19)10-16(20)14-8-11-4-1-2-5-12(11)9-14/h1-7,14,16,20H,8-10H2. The van der Waals surface area contributed by atoms with Crippen LogP contribution in [-0.4, -0.2) is 11.2 Å². The van der Waals surface area contributed by atoms with Crippen molar-refractivity contribution in [3.8, 4) is 0 Å². The van der Waals surface area contributed by atoms with Crippen molar-refractivity contribution < 1.29 is 5.11 Å². The Morgan fingerprint density at radius 1 is 1.00 bits per heavy atom. The summed E-state index contributed by atoms with van der Waals surface area (Å²) >= 11 is 12.2. The molecule has 104 valence electrons. The van der Waals surface area contributed by atoms with Crippen molar-refractivity contribution in [2.75, 3.05) is 0 Å². The van der Waals surface area contributed by atoms with E-state index < -0.39 is 6.10 Å². The average molecular weight is 307 g/mol. The number of rotatable bonds is 3. The first-order valence-corrected chi connectivity index (χ1v) is 7.58. The van der Waals surface area contributed by atoms with Crippen LogP contribution >= 0.6 is 23.2 Å². The molecule has 0 heterocycles. The fourth-order valence-corrected chi connectivity index (χ4v) is 3.36. The molecule has 1 aliphatic carbocycles. The second-order valence-corrected chi connectivity index (χ2v) is 6.21. The molecule has 1 atom stereocenters. The average Bonchev–Trinajstić information content (AvgIpc) is 2.88. The van der Waals surface area contributed by atoms with Gasteiger partial charge in [-0.1, -0.05) is 59.6 Å². The molecule has 3 rings (SSSR count). The Balaban J connectivity index is 1.72. The van der Waals surface area contributed by atoms with Gasteiger partial charge in [-0.25, -0.2) is 0 Å². The zero-order valence-electron chi connectivity index (χ0n) is 11.0. The Kier molecular flexibility index (Phi) is 4.02. The summed E-state index contributed by atoms with van der Waals surface area (Å²) in [5.41, 5.74) is 3.63. The van der Waals surface area contributed by atoms with E-state index >= 15 is 0 Å². The van der Waals surface area contributed by atoms with Crippen molar-refractivity contribution in [2.45, 2.75) is 25.4 Å². The Labute approximate surface area is 129 Å². The monoisotopic (exact) mass is 306 g/mol. The fourth-order valence-electron chi connectivity index (χ4n) is 2.96. The first kappa shape index (κ1) is 13.9. The van der Waals surface area contributed by atoms with Gasteiger partial charge in [0.2, 0.25) is 0 Å². The van der Waals surface area contributed by atoms with Gasteiger partial charge in [0.25, 0.3) is 0 Å². The van der Waals surface area contributed by atoms with E-state index in [9.17, 15) is 5.11 Å². The van der Waals surface area contributed by atoms with E-state index in [2.05, 4.69) is 24.3 Å². The third-order valence-corrected chi connectivity index (χ3v) is 4.95. The predicted molar refractivity (Wildman–Crippen MR) is 83.5 cm³/mol. The van der Waals surface area contributed by atoms with Gasteiger partial charge in [0.15, 0.2) is 0 Å². The maximum atomic E-state index is 10.5. The molecule has 2 aromatic rings. The SMILES string of the molecule is OC(Cc1cccc(Cl)c1Cl)C1Cc2ccccc2C1. The van der Waals surface area contributed by atoms with Crippen LogP contribution in [0.2, 0.25) is 10.0 Å². The van der Waals surface area contributed by atoms with Crippen molar-refractivity contribution in [3.63, 3.8) is 0 Å². The van der Waals surface area contributed by atoms with Crippen LogP contribution in [0, 0.1) is 5.92 Å². The molecule has 0 saturated carbocycles. The fraction of sp³-hybridized carbons (Fsp3) is 0.294. The smallest absolute Gasteiger partial charge is 0.0625 e. The Hall–Kier alpha value is -1.02. The van der Waals surface area contributed by atoms with Crippen LogP contribution in [0.5, 0.6) is 0 Å². The summed E-state index contributed by atoms with van der Waals surface area (Å²) < 4.78 is 0. The van der Waals surface area contributed by atoms with Gasteiger partial charge in [0.1, 0.15) is 0 Å². The summed E-state index contributed by atoms with van der Waals surface area (Å²) in [6, 6.07) is 14.0. The lowest BCUT2D eigenvalue weighted by Crippen LogP contribution is -2.23. The highest BCUT2D eigenvalue weighted by atomic mass is 35.5. The lowest BCUT2D eigenvalue weighted by atomic mass is 9.93. The number of hydrogen-bond acceptors (Lipinski definition) is 1. The molecular formula is C17H16Cl2O. The molecule has 0 bridgehead atoms. The van der Waals surface area contributed by atoms with Gasteiger partial charge < -0.3 is 5.11 Å². The molecule has 2 aromatic carbocycles. The van der Waals surface area contributed by atoms with Crippen molar-refractivity contribution in [1.29, 1.82) is 0 Å². The number of hydrogen-bond donors (Lipinski definition) is 1. The van der Waals surface area contributed by atoms with Crippen LogP contribution in [0.1, 0.15) is 16.7 Å². The van der Waals surface area contributed by atoms with Crippen LogP contribution in [0.15, 0.2) is 42.5 Å². The van der Waals surface area contributed by atoms with Gasteiger partial charge in [0.05, 0.1) is 16.1 Å². The van der Waals surface area contributed by atoms with E-state index in [0.29, 0.717) is 16.5 Å². The highest BCUT2D eigenvalue weighted by Crippen LogP contribution is 2.32. The molecule has 0 spiro atoms. The van der Waals surface area contributed by atoms with Crippen molar-refractivity contribution in [3.05, 3.63) is 69.2 Å². The summed E-state index contributed by atoms with van der Waals surface area (Å²) in [5, 5.41) is 11.6. The Morgan fingerprint density at radius 2 is 1.65 bits per heavy atom. The number of halogens is 2. The Morgan fingerprint density at radius 3 is 2.30 bits per heavy atom. The summed E-state index contributed by atoms with van der Waals surface area (Å²) in [7, 11) is 0. The van der Waals surface area contributed by atoms with Gasteiger partial charge in [-0.2, -0.15) is 0 Å². The zero-order chi connectivity index (χ0) is 14.1. The zero-order valence-corrected chi connectivity index (χ0v) is 12.5. The summed E-state index contributed by atoms with van der Waals surface area (Å²) in [6.07, 6.45) is 2.04. The van der Waals surface area contributed by atoms with Crippen LogP contribution in [-0.2, 0) is 19.3 Å². The van der Waals surface area contributed by atoms with E-state index in [1.807, 2.05) is 12.1 Å². The molecule has 0 fully saturated rings. The molecule has 20 heavy (non-hydrogen) atoms.